The Morgan fingerprint density at radius 1 is 1.47 bits per heavy atom. The summed E-state index contributed by atoms with van der Waals surface area (Å²) in [5, 5.41) is 0. The zero-order chi connectivity index (χ0) is 12.6. The Balaban J connectivity index is 2.05. The van der Waals surface area contributed by atoms with E-state index in [0.29, 0.717) is 13.1 Å². The van der Waals surface area contributed by atoms with Gasteiger partial charge in [0.1, 0.15) is 0 Å². The van der Waals surface area contributed by atoms with Crippen molar-refractivity contribution < 1.29 is 13.9 Å². The van der Waals surface area contributed by atoms with Gasteiger partial charge in [0, 0.05) is 0 Å². The third kappa shape index (κ3) is 2.90. The molecule has 2 rings (SSSR count). The molecule has 2 heterocycles. The molecule has 0 fully saturated rings. The number of nitrogens with zero attached hydrogens (tertiary/aromatic N) is 1. The fraction of sp³-hybridized carbons (Fsp3) is 0.667. The Morgan fingerprint density at radius 2 is 2.18 bits per heavy atom. The normalized spacial score (nSPS) is 15.4. The third-order valence-corrected chi connectivity index (χ3v) is 2.66. The second-order valence-electron chi connectivity index (χ2n) is 5.46. The van der Waals surface area contributed by atoms with E-state index in [2.05, 4.69) is 0 Å². The van der Waals surface area contributed by atoms with Crippen LogP contribution in [0.2, 0.25) is 0 Å². The summed E-state index contributed by atoms with van der Waals surface area (Å²) in [6, 6.07) is 0. The van der Waals surface area contributed by atoms with Crippen LogP contribution in [0.3, 0.4) is 0 Å². The molecule has 0 bridgehead atoms. The number of carbonyl (C=O) groups excluding carboxylic acids is 1. The zero-order valence-electron chi connectivity index (χ0n) is 10.9. The minimum atomic E-state index is -0.448. The van der Waals surface area contributed by atoms with Gasteiger partial charge in [-0.1, -0.05) is 0 Å². The van der Waals surface area contributed by atoms with Crippen LogP contribution in [-0.2, 0) is 17.7 Å². The van der Waals surface area contributed by atoms with Crippen molar-refractivity contribution in [3.8, 4) is 0 Å². The van der Waals surface area contributed by atoms with Gasteiger partial charge in [0.2, 0.25) is 0 Å². The molecule has 17 heavy (non-hydrogen) atoms. The SMILES string of the molecule is Cc1bc2c(o1)CN(C(=O)OC(C)(C)C)CC2. The van der Waals surface area contributed by atoms with Gasteiger partial charge in [-0.2, -0.15) is 0 Å². The molecule has 0 radical (unpaired) electrons. The van der Waals surface area contributed by atoms with Crippen LogP contribution in [0.5, 0.6) is 0 Å². The molecule has 0 saturated heterocycles. The van der Waals surface area contributed by atoms with E-state index in [1.54, 1.807) is 4.90 Å². The van der Waals surface area contributed by atoms with Crippen molar-refractivity contribution >= 4 is 13.0 Å². The summed E-state index contributed by atoms with van der Waals surface area (Å²) in [7, 11) is 0. The molecule has 1 aliphatic heterocycles. The molecule has 1 aliphatic rings. The van der Waals surface area contributed by atoms with E-state index in [1.807, 2.05) is 34.6 Å². The number of amides is 1. The molecule has 1 aromatic heterocycles. The number of fused-ring (bicyclic) bond motifs is 1. The zero-order valence-corrected chi connectivity index (χ0v) is 10.9. The van der Waals surface area contributed by atoms with Gasteiger partial charge in [0.25, 0.3) is 0 Å². The van der Waals surface area contributed by atoms with Crippen molar-refractivity contribution in [3.05, 3.63) is 16.9 Å². The summed E-state index contributed by atoms with van der Waals surface area (Å²) in [5.74, 6) is 0.889. The maximum absolute atomic E-state index is 11.9. The van der Waals surface area contributed by atoms with Crippen molar-refractivity contribution in [1.29, 1.82) is 0 Å². The molecule has 0 N–H and O–H groups in total. The predicted octanol–water partition coefficient (Wildman–Crippen LogP) is 2.22. The van der Waals surface area contributed by atoms with E-state index in [0.717, 1.165) is 17.8 Å². The first-order valence-corrected chi connectivity index (χ1v) is 5.91. The van der Waals surface area contributed by atoms with E-state index in [-0.39, 0.29) is 6.09 Å². The molecule has 1 aromatic rings. The van der Waals surface area contributed by atoms with Crippen LogP contribution in [0.15, 0.2) is 4.42 Å². The summed E-state index contributed by atoms with van der Waals surface area (Å²) in [6.45, 7) is 10.8. The Kier molecular flexibility index (Phi) is 3.02. The average molecular weight is 235 g/mol. The average Bonchev–Trinajstić information content (AvgIpc) is 2.53. The monoisotopic (exact) mass is 235 g/mol. The van der Waals surface area contributed by atoms with Crippen molar-refractivity contribution in [2.45, 2.75) is 46.3 Å². The van der Waals surface area contributed by atoms with Gasteiger partial charge in [-0.15, -0.1) is 0 Å². The molecule has 0 spiro atoms. The van der Waals surface area contributed by atoms with Crippen LogP contribution in [0, 0.1) is 6.92 Å². The van der Waals surface area contributed by atoms with Crippen LogP contribution in [-0.4, -0.2) is 30.0 Å². The van der Waals surface area contributed by atoms with Gasteiger partial charge in [0.15, 0.2) is 0 Å². The summed E-state index contributed by atoms with van der Waals surface area (Å²) in [4.78, 5) is 13.6. The van der Waals surface area contributed by atoms with Crippen LogP contribution in [0.1, 0.15) is 37.6 Å². The molecule has 0 aromatic carbocycles. The number of ether oxygens (including phenoxy) is 1. The number of rotatable bonds is 0. The van der Waals surface area contributed by atoms with Crippen LogP contribution in [0.25, 0.3) is 0 Å². The molecule has 0 unspecified atom stereocenters. The maximum atomic E-state index is 11.9. The molecular formula is C12H18BNO3. The Labute approximate surface area is 102 Å². The van der Waals surface area contributed by atoms with Gasteiger partial charge in [-0.05, 0) is 0 Å². The Bertz CT molecular complexity index is 433. The second kappa shape index (κ2) is 4.20. The van der Waals surface area contributed by atoms with Crippen molar-refractivity contribution in [3.63, 3.8) is 0 Å². The van der Waals surface area contributed by atoms with Gasteiger partial charge in [-0.25, -0.2) is 0 Å². The topological polar surface area (TPSA) is 42.7 Å². The molecule has 92 valence electrons. The molecule has 0 atom stereocenters. The van der Waals surface area contributed by atoms with Crippen LogP contribution in [0.4, 0.5) is 4.79 Å². The molecule has 0 saturated carbocycles. The fourth-order valence-electron chi connectivity index (χ4n) is 1.95. The molecular weight excluding hydrogens is 217 g/mol. The van der Waals surface area contributed by atoms with Gasteiger partial charge in [0.05, 0.1) is 0 Å². The van der Waals surface area contributed by atoms with Crippen LogP contribution < -0.4 is 0 Å². The molecule has 0 aliphatic carbocycles. The standard InChI is InChI=1S/C12H18BNO3/c1-8-13-9-5-6-14(7-10(9)16-8)11(15)17-12(2,3)4/h5-7H2,1-4H3. The first kappa shape index (κ1) is 12.2. The summed E-state index contributed by atoms with van der Waals surface area (Å²) < 4.78 is 10.9. The summed E-state index contributed by atoms with van der Waals surface area (Å²) in [5.41, 5.74) is 1.67. The van der Waals surface area contributed by atoms with Gasteiger partial charge < -0.3 is 0 Å². The summed E-state index contributed by atoms with van der Waals surface area (Å²) >= 11 is 0. The number of aryl methyl sites for hydroxylation is 1. The van der Waals surface area contributed by atoms with Gasteiger partial charge in [-0.3, -0.25) is 0 Å². The minimum absolute atomic E-state index is 0.266. The van der Waals surface area contributed by atoms with Crippen molar-refractivity contribution in [1.82, 2.24) is 4.90 Å². The number of carbonyl (C=O) groups is 1. The van der Waals surface area contributed by atoms with E-state index in [4.69, 9.17) is 9.15 Å². The van der Waals surface area contributed by atoms with E-state index >= 15 is 0 Å². The molecule has 5 heteroatoms. The first-order valence-electron chi connectivity index (χ1n) is 5.91. The Morgan fingerprint density at radius 3 is 2.82 bits per heavy atom. The Hall–Kier alpha value is -1.26. The van der Waals surface area contributed by atoms with Gasteiger partial charge >= 0.3 is 102 Å². The van der Waals surface area contributed by atoms with Crippen molar-refractivity contribution in [2.75, 3.05) is 6.54 Å². The first-order chi connectivity index (χ1) is 7.85. The van der Waals surface area contributed by atoms with E-state index in [1.165, 1.54) is 5.46 Å². The number of hydrogen-bond acceptors (Lipinski definition) is 3. The fourth-order valence-corrected chi connectivity index (χ4v) is 1.95. The molecule has 4 nitrogen and oxygen atoms in total. The van der Waals surface area contributed by atoms with E-state index in [9.17, 15) is 4.79 Å². The van der Waals surface area contributed by atoms with E-state index < -0.39 is 5.60 Å². The molecule has 1 amide bonds. The number of hydrogen-bond donors (Lipinski definition) is 0. The van der Waals surface area contributed by atoms with Crippen LogP contribution >= 0.6 is 0 Å². The predicted molar refractivity (Wildman–Crippen MR) is 65.1 cm³/mol. The quantitative estimate of drug-likeness (QED) is 0.692. The second-order valence-corrected chi connectivity index (χ2v) is 5.46. The third-order valence-electron chi connectivity index (χ3n) is 2.66. The summed E-state index contributed by atoms with van der Waals surface area (Å²) in [6.07, 6.45) is 0.573. The van der Waals surface area contributed by atoms with Crippen molar-refractivity contribution in [2.24, 2.45) is 0 Å².